The largest absolute Gasteiger partial charge is 0.357 e. The number of benzene rings is 1. The lowest BCUT2D eigenvalue weighted by Gasteiger charge is -2.29. The molecule has 0 saturated carbocycles. The van der Waals surface area contributed by atoms with Gasteiger partial charge in [0.05, 0.1) is 0 Å². The van der Waals surface area contributed by atoms with E-state index in [2.05, 4.69) is 6.92 Å². The lowest BCUT2D eigenvalue weighted by atomic mass is 10.0. The summed E-state index contributed by atoms with van der Waals surface area (Å²) in [6.45, 7) is 2.92. The topological polar surface area (TPSA) is 55.6 Å². The number of amides is 2. The predicted octanol–water partition coefficient (Wildman–Crippen LogP) is 7.97. The highest BCUT2D eigenvalue weighted by molar-refractivity contribution is 5.72. The van der Waals surface area contributed by atoms with Gasteiger partial charge in [0.15, 0.2) is 6.23 Å². The van der Waals surface area contributed by atoms with Gasteiger partial charge >= 0.3 is 6.03 Å². The zero-order valence-corrected chi connectivity index (χ0v) is 20.3. The van der Waals surface area contributed by atoms with Crippen molar-refractivity contribution >= 4 is 6.03 Å². The maximum Gasteiger partial charge on any atom is 0.317 e. The van der Waals surface area contributed by atoms with E-state index in [0.717, 1.165) is 18.4 Å². The molecule has 0 fully saturated rings. The van der Waals surface area contributed by atoms with Gasteiger partial charge in [-0.05, 0) is 6.42 Å². The quantitative estimate of drug-likeness (QED) is 0.168. The minimum atomic E-state index is -0.420. The molecule has 0 heterocycles. The standard InChI is InChI=1S/C27H48N2O2/c1-3-4-5-6-7-8-9-10-11-12-13-14-15-16-17-21-24-29(27(28)30)26(31-2)25-22-19-18-20-23-25/h18-20,22-23,26H,3-17,21,24H2,1-2H3,(H2,28,30). The van der Waals surface area contributed by atoms with E-state index in [4.69, 9.17) is 10.5 Å². The van der Waals surface area contributed by atoms with Gasteiger partial charge in [-0.1, -0.05) is 134 Å². The number of nitrogens with two attached hydrogens (primary N) is 1. The average Bonchev–Trinajstić information content (AvgIpc) is 2.78. The van der Waals surface area contributed by atoms with E-state index in [0.29, 0.717) is 6.54 Å². The molecule has 2 amide bonds. The smallest absolute Gasteiger partial charge is 0.317 e. The Morgan fingerprint density at radius 2 is 1.19 bits per heavy atom. The van der Waals surface area contributed by atoms with Crippen LogP contribution >= 0.6 is 0 Å². The predicted molar refractivity (Wildman–Crippen MR) is 132 cm³/mol. The van der Waals surface area contributed by atoms with E-state index in [-0.39, 0.29) is 0 Å². The van der Waals surface area contributed by atoms with Crippen LogP contribution in [0.5, 0.6) is 0 Å². The minimum absolute atomic E-state index is 0.407. The summed E-state index contributed by atoms with van der Waals surface area (Å²) in [5.41, 5.74) is 6.58. The number of unbranched alkanes of at least 4 members (excludes halogenated alkanes) is 15. The van der Waals surface area contributed by atoms with Crippen molar-refractivity contribution in [2.75, 3.05) is 13.7 Å². The highest BCUT2D eigenvalue weighted by Gasteiger charge is 2.22. The maximum atomic E-state index is 11.9. The van der Waals surface area contributed by atoms with Gasteiger partial charge in [-0.3, -0.25) is 4.90 Å². The van der Waals surface area contributed by atoms with Gasteiger partial charge < -0.3 is 10.5 Å². The third kappa shape index (κ3) is 13.5. The van der Waals surface area contributed by atoms with E-state index in [1.54, 1.807) is 12.0 Å². The number of hydrogen-bond donors (Lipinski definition) is 1. The number of nitrogens with zero attached hydrogens (tertiary/aromatic N) is 1. The number of ether oxygens (including phenoxy) is 1. The molecule has 0 spiro atoms. The summed E-state index contributed by atoms with van der Waals surface area (Å²) < 4.78 is 5.56. The van der Waals surface area contributed by atoms with Gasteiger partial charge in [-0.2, -0.15) is 0 Å². The van der Waals surface area contributed by atoms with Gasteiger partial charge in [0, 0.05) is 19.2 Å². The maximum absolute atomic E-state index is 11.9. The minimum Gasteiger partial charge on any atom is -0.357 e. The highest BCUT2D eigenvalue weighted by atomic mass is 16.5. The van der Waals surface area contributed by atoms with Crippen LogP contribution in [-0.2, 0) is 4.74 Å². The Kier molecular flexibility index (Phi) is 17.0. The fourth-order valence-electron chi connectivity index (χ4n) is 4.23. The van der Waals surface area contributed by atoms with Crippen LogP contribution in [0.3, 0.4) is 0 Å². The SMILES string of the molecule is CCCCCCCCCCCCCCCCCCN(C(N)=O)C(OC)c1ccccc1. The molecule has 1 rings (SSSR count). The van der Waals surface area contributed by atoms with Crippen LogP contribution in [0, 0.1) is 0 Å². The summed E-state index contributed by atoms with van der Waals surface area (Å²) in [6.07, 6.45) is 21.0. The molecule has 0 bridgehead atoms. The van der Waals surface area contributed by atoms with Crippen molar-refractivity contribution in [3.05, 3.63) is 35.9 Å². The monoisotopic (exact) mass is 432 g/mol. The van der Waals surface area contributed by atoms with Crippen LogP contribution in [-0.4, -0.2) is 24.6 Å². The third-order valence-corrected chi connectivity index (χ3v) is 6.13. The fourth-order valence-corrected chi connectivity index (χ4v) is 4.23. The lowest BCUT2D eigenvalue weighted by molar-refractivity contribution is -0.00864. The molecule has 1 aromatic rings. The van der Waals surface area contributed by atoms with Gasteiger partial charge in [-0.15, -0.1) is 0 Å². The van der Waals surface area contributed by atoms with Crippen molar-refractivity contribution < 1.29 is 9.53 Å². The van der Waals surface area contributed by atoms with E-state index in [1.807, 2.05) is 30.3 Å². The van der Waals surface area contributed by atoms with Crippen LogP contribution in [0.25, 0.3) is 0 Å². The first-order valence-electron chi connectivity index (χ1n) is 12.8. The number of carbonyl (C=O) groups excluding carboxylic acids is 1. The number of methoxy groups -OCH3 is 1. The fraction of sp³-hybridized carbons (Fsp3) is 0.741. The molecular weight excluding hydrogens is 384 g/mol. The molecule has 178 valence electrons. The summed E-state index contributed by atoms with van der Waals surface area (Å²) in [6, 6.07) is 9.39. The van der Waals surface area contributed by atoms with Crippen molar-refractivity contribution in [3.63, 3.8) is 0 Å². The van der Waals surface area contributed by atoms with Crippen LogP contribution in [0.15, 0.2) is 30.3 Å². The number of urea groups is 1. The summed E-state index contributed by atoms with van der Waals surface area (Å²) in [5.74, 6) is 0. The molecule has 1 atom stereocenters. The second-order valence-electron chi connectivity index (χ2n) is 8.83. The molecule has 0 aromatic heterocycles. The van der Waals surface area contributed by atoms with E-state index < -0.39 is 12.3 Å². The van der Waals surface area contributed by atoms with Crippen molar-refractivity contribution in [2.24, 2.45) is 5.73 Å². The summed E-state index contributed by atoms with van der Waals surface area (Å²) in [7, 11) is 1.63. The first kappa shape index (κ1) is 27.5. The first-order chi connectivity index (χ1) is 15.2. The second kappa shape index (κ2) is 19.2. The normalized spacial score (nSPS) is 12.1. The molecular formula is C27H48N2O2. The van der Waals surface area contributed by atoms with Crippen LogP contribution in [0.2, 0.25) is 0 Å². The molecule has 0 saturated heterocycles. The Balaban J connectivity index is 2.01. The van der Waals surface area contributed by atoms with Crippen molar-refractivity contribution in [3.8, 4) is 0 Å². The molecule has 4 nitrogen and oxygen atoms in total. The van der Waals surface area contributed by atoms with Crippen LogP contribution in [0.4, 0.5) is 4.79 Å². The lowest BCUT2D eigenvalue weighted by Crippen LogP contribution is -2.40. The molecule has 0 aliphatic carbocycles. The molecule has 0 radical (unpaired) electrons. The molecule has 4 heteroatoms. The van der Waals surface area contributed by atoms with E-state index >= 15 is 0 Å². The molecule has 0 aliphatic heterocycles. The number of primary amides is 1. The summed E-state index contributed by atoms with van der Waals surface area (Å²) in [5, 5.41) is 0. The molecule has 2 N–H and O–H groups in total. The zero-order valence-electron chi connectivity index (χ0n) is 20.3. The molecule has 31 heavy (non-hydrogen) atoms. The van der Waals surface area contributed by atoms with Gasteiger partial charge in [0.2, 0.25) is 0 Å². The van der Waals surface area contributed by atoms with E-state index in [9.17, 15) is 4.79 Å². The summed E-state index contributed by atoms with van der Waals surface area (Å²) >= 11 is 0. The Labute approximate surface area is 191 Å². The average molecular weight is 433 g/mol. The van der Waals surface area contributed by atoms with Gasteiger partial charge in [-0.25, -0.2) is 4.79 Å². The molecule has 0 aliphatic rings. The number of carbonyl (C=O) groups is 1. The summed E-state index contributed by atoms with van der Waals surface area (Å²) in [4.78, 5) is 13.6. The molecule has 1 unspecified atom stereocenters. The number of rotatable bonds is 20. The first-order valence-corrected chi connectivity index (χ1v) is 12.8. The Morgan fingerprint density at radius 1 is 0.774 bits per heavy atom. The van der Waals surface area contributed by atoms with Crippen LogP contribution in [0.1, 0.15) is 121 Å². The molecule has 1 aromatic carbocycles. The highest BCUT2D eigenvalue weighted by Crippen LogP contribution is 2.22. The van der Waals surface area contributed by atoms with Crippen LogP contribution < -0.4 is 5.73 Å². The van der Waals surface area contributed by atoms with E-state index in [1.165, 1.54) is 89.9 Å². The Bertz CT molecular complexity index is 535. The van der Waals surface area contributed by atoms with Gasteiger partial charge in [0.25, 0.3) is 0 Å². The zero-order chi connectivity index (χ0) is 22.6. The van der Waals surface area contributed by atoms with Crippen molar-refractivity contribution in [1.29, 1.82) is 0 Å². The Hall–Kier alpha value is -1.55. The van der Waals surface area contributed by atoms with Crippen molar-refractivity contribution in [2.45, 2.75) is 116 Å². The second-order valence-corrected chi connectivity index (χ2v) is 8.83. The number of hydrogen-bond acceptors (Lipinski definition) is 2. The third-order valence-electron chi connectivity index (χ3n) is 6.13. The Morgan fingerprint density at radius 3 is 1.58 bits per heavy atom. The van der Waals surface area contributed by atoms with Gasteiger partial charge in [0.1, 0.15) is 0 Å². The van der Waals surface area contributed by atoms with Crippen molar-refractivity contribution in [1.82, 2.24) is 4.90 Å².